The van der Waals surface area contributed by atoms with Gasteiger partial charge in [0, 0.05) is 10.8 Å². The molecular formula is C26H22. The Hall–Kier alpha value is -2.86. The van der Waals surface area contributed by atoms with Crippen LogP contribution in [0, 0.1) is 0 Å². The quantitative estimate of drug-likeness (QED) is 0.461. The first-order valence-corrected chi connectivity index (χ1v) is 9.20. The summed E-state index contributed by atoms with van der Waals surface area (Å²) in [5.74, 6) is 0. The van der Waals surface area contributed by atoms with Crippen LogP contribution in [0.3, 0.4) is 0 Å². The van der Waals surface area contributed by atoms with E-state index < -0.39 is 0 Å². The lowest BCUT2D eigenvalue weighted by atomic mass is 9.77. The van der Waals surface area contributed by atoms with Crippen molar-refractivity contribution in [1.82, 2.24) is 0 Å². The van der Waals surface area contributed by atoms with Gasteiger partial charge in [-0.15, -0.1) is 13.2 Å². The molecule has 0 saturated heterocycles. The van der Waals surface area contributed by atoms with Crippen molar-refractivity contribution in [2.75, 3.05) is 0 Å². The Bertz CT molecular complexity index is 1010. The van der Waals surface area contributed by atoms with E-state index in [2.05, 4.69) is 99.8 Å². The summed E-state index contributed by atoms with van der Waals surface area (Å²) < 4.78 is 0. The molecule has 2 aliphatic carbocycles. The molecule has 2 aliphatic rings. The Morgan fingerprint density at radius 3 is 1.35 bits per heavy atom. The van der Waals surface area contributed by atoms with Crippen LogP contribution in [0.25, 0.3) is 22.3 Å². The summed E-state index contributed by atoms with van der Waals surface area (Å²) in [7, 11) is 0. The summed E-state index contributed by atoms with van der Waals surface area (Å²) >= 11 is 0. The van der Waals surface area contributed by atoms with Gasteiger partial charge in [0.15, 0.2) is 0 Å². The van der Waals surface area contributed by atoms with Gasteiger partial charge in [-0.1, -0.05) is 60.7 Å². The maximum absolute atomic E-state index is 4.18. The number of benzene rings is 3. The molecule has 0 nitrogen and oxygen atoms in total. The number of fused-ring (bicyclic) bond motifs is 6. The van der Waals surface area contributed by atoms with E-state index in [1.54, 1.807) is 0 Å². The summed E-state index contributed by atoms with van der Waals surface area (Å²) in [4.78, 5) is 0. The van der Waals surface area contributed by atoms with Crippen molar-refractivity contribution in [2.45, 2.75) is 24.7 Å². The van der Waals surface area contributed by atoms with Crippen molar-refractivity contribution in [3.8, 4) is 22.3 Å². The molecule has 0 saturated carbocycles. The van der Waals surface area contributed by atoms with Gasteiger partial charge in [-0.25, -0.2) is 0 Å². The SMILES string of the molecule is C=CC1(C)c2ccccc2-c2cc3c(cc21)-c1ccccc1C3(C)C=C. The van der Waals surface area contributed by atoms with E-state index in [4.69, 9.17) is 0 Å². The largest absolute Gasteiger partial charge is 0.102 e. The Labute approximate surface area is 155 Å². The molecule has 0 N–H and O–H groups in total. The summed E-state index contributed by atoms with van der Waals surface area (Å²) in [6, 6.07) is 22.3. The topological polar surface area (TPSA) is 0 Å². The van der Waals surface area contributed by atoms with Crippen molar-refractivity contribution in [3.63, 3.8) is 0 Å². The average molecular weight is 334 g/mol. The maximum Gasteiger partial charge on any atom is 0.0363 e. The van der Waals surface area contributed by atoms with E-state index in [0.717, 1.165) is 0 Å². The van der Waals surface area contributed by atoms with E-state index in [1.807, 2.05) is 0 Å². The van der Waals surface area contributed by atoms with Gasteiger partial charge in [0.1, 0.15) is 0 Å². The van der Waals surface area contributed by atoms with Crippen molar-refractivity contribution in [1.29, 1.82) is 0 Å². The molecule has 5 rings (SSSR count). The van der Waals surface area contributed by atoms with E-state index >= 15 is 0 Å². The summed E-state index contributed by atoms with van der Waals surface area (Å²) in [6.45, 7) is 12.9. The third-order valence-electron chi connectivity index (χ3n) is 6.65. The summed E-state index contributed by atoms with van der Waals surface area (Å²) in [5.41, 5.74) is 10.4. The van der Waals surface area contributed by atoms with Crippen LogP contribution in [0.5, 0.6) is 0 Å². The molecule has 0 fully saturated rings. The molecule has 3 aromatic rings. The predicted molar refractivity (Wildman–Crippen MR) is 111 cm³/mol. The summed E-state index contributed by atoms with van der Waals surface area (Å²) in [5, 5.41) is 0. The van der Waals surface area contributed by atoms with Crippen LogP contribution in [0.15, 0.2) is 86.0 Å². The molecule has 26 heavy (non-hydrogen) atoms. The van der Waals surface area contributed by atoms with Crippen molar-refractivity contribution < 1.29 is 0 Å². The Balaban J connectivity index is 1.90. The summed E-state index contributed by atoms with van der Waals surface area (Å²) in [6.07, 6.45) is 4.19. The van der Waals surface area contributed by atoms with Gasteiger partial charge in [0.25, 0.3) is 0 Å². The van der Waals surface area contributed by atoms with E-state index in [1.165, 1.54) is 44.5 Å². The van der Waals surface area contributed by atoms with Crippen molar-refractivity contribution in [3.05, 3.63) is 108 Å². The van der Waals surface area contributed by atoms with Crippen LogP contribution < -0.4 is 0 Å². The molecule has 0 spiro atoms. The van der Waals surface area contributed by atoms with Crippen LogP contribution >= 0.6 is 0 Å². The molecule has 0 heterocycles. The predicted octanol–water partition coefficient (Wildman–Crippen LogP) is 6.63. The van der Waals surface area contributed by atoms with Crippen LogP contribution in [0.4, 0.5) is 0 Å². The van der Waals surface area contributed by atoms with Gasteiger partial charge in [0.2, 0.25) is 0 Å². The highest BCUT2D eigenvalue weighted by molar-refractivity contribution is 5.90. The Morgan fingerprint density at radius 2 is 0.962 bits per heavy atom. The highest BCUT2D eigenvalue weighted by Gasteiger charge is 2.42. The molecular weight excluding hydrogens is 312 g/mol. The first-order chi connectivity index (χ1) is 12.5. The highest BCUT2D eigenvalue weighted by Crippen LogP contribution is 2.56. The minimum absolute atomic E-state index is 0.150. The Kier molecular flexibility index (Phi) is 2.88. The minimum Gasteiger partial charge on any atom is -0.102 e. The van der Waals surface area contributed by atoms with Crippen LogP contribution in [-0.2, 0) is 10.8 Å². The normalized spacial score (nSPS) is 24.4. The number of rotatable bonds is 2. The maximum atomic E-state index is 4.18. The first kappa shape index (κ1) is 15.4. The fourth-order valence-corrected chi connectivity index (χ4v) is 4.98. The first-order valence-electron chi connectivity index (χ1n) is 9.20. The van der Waals surface area contributed by atoms with Gasteiger partial charge < -0.3 is 0 Å². The van der Waals surface area contributed by atoms with Crippen LogP contribution in [-0.4, -0.2) is 0 Å². The average Bonchev–Trinajstić information content (AvgIpc) is 3.10. The molecule has 0 aliphatic heterocycles. The zero-order valence-electron chi connectivity index (χ0n) is 15.3. The monoisotopic (exact) mass is 334 g/mol. The van der Waals surface area contributed by atoms with Gasteiger partial charge in [0.05, 0.1) is 0 Å². The lowest BCUT2D eigenvalue weighted by Gasteiger charge is -2.25. The van der Waals surface area contributed by atoms with Crippen molar-refractivity contribution in [2.24, 2.45) is 0 Å². The highest BCUT2D eigenvalue weighted by atomic mass is 14.4. The molecule has 126 valence electrons. The zero-order valence-corrected chi connectivity index (χ0v) is 15.3. The van der Waals surface area contributed by atoms with E-state index in [-0.39, 0.29) is 10.8 Å². The molecule has 0 heteroatoms. The number of hydrogen-bond donors (Lipinski definition) is 0. The minimum atomic E-state index is -0.150. The van der Waals surface area contributed by atoms with Crippen molar-refractivity contribution >= 4 is 0 Å². The molecule has 0 aromatic heterocycles. The van der Waals surface area contributed by atoms with Gasteiger partial charge in [-0.05, 0) is 70.5 Å². The number of hydrogen-bond acceptors (Lipinski definition) is 0. The standard InChI is InChI=1S/C26H22/c1-5-25(3)21-13-9-7-11-17(21)19-16-24-20(15-23(19)25)18-12-8-10-14-22(18)26(24,4)6-2/h5-16H,1-2H2,3-4H3. The molecule has 3 aromatic carbocycles. The molecule has 2 unspecified atom stereocenters. The smallest absolute Gasteiger partial charge is 0.0363 e. The fourth-order valence-electron chi connectivity index (χ4n) is 4.98. The van der Waals surface area contributed by atoms with Crippen LogP contribution in [0.1, 0.15) is 36.1 Å². The lowest BCUT2D eigenvalue weighted by molar-refractivity contribution is 0.739. The van der Waals surface area contributed by atoms with Crippen LogP contribution in [0.2, 0.25) is 0 Å². The second kappa shape index (κ2) is 4.86. The van der Waals surface area contributed by atoms with Gasteiger partial charge >= 0.3 is 0 Å². The Morgan fingerprint density at radius 1 is 0.577 bits per heavy atom. The van der Waals surface area contributed by atoms with E-state index in [9.17, 15) is 0 Å². The second-order valence-electron chi connectivity index (χ2n) is 7.85. The molecule has 0 radical (unpaired) electrons. The number of allylic oxidation sites excluding steroid dienone is 2. The molecule has 0 bridgehead atoms. The van der Waals surface area contributed by atoms with E-state index in [0.29, 0.717) is 0 Å². The zero-order chi connectivity index (χ0) is 18.1. The second-order valence-corrected chi connectivity index (χ2v) is 7.85. The fraction of sp³-hybridized carbons (Fsp3) is 0.154. The third-order valence-corrected chi connectivity index (χ3v) is 6.65. The lowest BCUT2D eigenvalue weighted by Crippen LogP contribution is -2.18. The van der Waals surface area contributed by atoms with Gasteiger partial charge in [-0.2, -0.15) is 0 Å². The molecule has 0 amide bonds. The van der Waals surface area contributed by atoms with Gasteiger partial charge in [-0.3, -0.25) is 0 Å². The molecule has 2 atom stereocenters. The third kappa shape index (κ3) is 1.60.